The molecule has 1 atom stereocenters. The molecule has 0 aliphatic carbocycles. The van der Waals surface area contributed by atoms with E-state index in [1.807, 2.05) is 23.9 Å². The number of benzene rings is 2. The van der Waals surface area contributed by atoms with E-state index >= 15 is 0 Å². The Morgan fingerprint density at radius 2 is 1.79 bits per heavy atom. The SMILES string of the molecule is CCN(CC)CCCN1C(c2ccc(CO)cc2)=CN2c3ccccc3SC12. The zero-order valence-electron chi connectivity index (χ0n) is 16.7. The first kappa shape index (κ1) is 19.4. The van der Waals surface area contributed by atoms with E-state index in [-0.39, 0.29) is 6.61 Å². The van der Waals surface area contributed by atoms with Crippen LogP contribution in [0.1, 0.15) is 31.4 Å². The Labute approximate surface area is 172 Å². The van der Waals surface area contributed by atoms with Crippen molar-refractivity contribution in [2.75, 3.05) is 31.1 Å². The maximum absolute atomic E-state index is 9.36. The fourth-order valence-electron chi connectivity index (χ4n) is 3.99. The van der Waals surface area contributed by atoms with Gasteiger partial charge < -0.3 is 19.8 Å². The normalized spacial score (nSPS) is 17.9. The summed E-state index contributed by atoms with van der Waals surface area (Å²) in [7, 11) is 0. The Kier molecular flexibility index (Phi) is 5.95. The van der Waals surface area contributed by atoms with Crippen molar-refractivity contribution < 1.29 is 5.11 Å². The van der Waals surface area contributed by atoms with Gasteiger partial charge in [-0.2, -0.15) is 0 Å². The molecule has 2 aliphatic heterocycles. The van der Waals surface area contributed by atoms with Crippen LogP contribution < -0.4 is 4.90 Å². The van der Waals surface area contributed by atoms with Gasteiger partial charge in [0.1, 0.15) is 0 Å². The highest BCUT2D eigenvalue weighted by Gasteiger charge is 2.39. The van der Waals surface area contributed by atoms with Gasteiger partial charge in [0.2, 0.25) is 0 Å². The molecule has 0 bridgehead atoms. The number of para-hydroxylation sites is 1. The van der Waals surface area contributed by atoms with Crippen molar-refractivity contribution >= 4 is 23.1 Å². The van der Waals surface area contributed by atoms with Crippen LogP contribution in [0.3, 0.4) is 0 Å². The number of anilines is 1. The predicted octanol–water partition coefficient (Wildman–Crippen LogP) is 4.42. The molecule has 0 fully saturated rings. The molecule has 4 rings (SSSR count). The van der Waals surface area contributed by atoms with Crippen LogP contribution in [0.15, 0.2) is 59.6 Å². The number of aliphatic hydroxyl groups excluding tert-OH is 1. The fraction of sp³-hybridized carbons (Fsp3) is 0.391. The second-order valence-corrected chi connectivity index (χ2v) is 8.36. The maximum Gasteiger partial charge on any atom is 0.159 e. The van der Waals surface area contributed by atoms with Crippen LogP contribution in [-0.4, -0.2) is 46.6 Å². The molecule has 0 amide bonds. The lowest BCUT2D eigenvalue weighted by Crippen LogP contribution is -2.36. The zero-order valence-corrected chi connectivity index (χ0v) is 17.5. The van der Waals surface area contributed by atoms with Gasteiger partial charge in [-0.3, -0.25) is 0 Å². The summed E-state index contributed by atoms with van der Waals surface area (Å²) in [6, 6.07) is 17.0. The number of fused-ring (bicyclic) bond motifs is 3. The lowest BCUT2D eigenvalue weighted by atomic mass is 10.1. The summed E-state index contributed by atoms with van der Waals surface area (Å²) in [5.41, 5.74) is 5.04. The molecule has 2 aromatic carbocycles. The standard InChI is InChI=1S/C23H29N3OS/c1-3-24(4-2)14-7-15-25-21(19-12-10-18(17-27)11-13-19)16-26-20-8-5-6-9-22(20)28-23(25)26/h5-6,8-13,16,23,27H,3-4,7,14-15,17H2,1-2H3. The van der Waals surface area contributed by atoms with Crippen LogP contribution in [0, 0.1) is 0 Å². The van der Waals surface area contributed by atoms with Crippen LogP contribution in [0.5, 0.6) is 0 Å². The number of aliphatic hydroxyl groups is 1. The molecule has 0 spiro atoms. The highest BCUT2D eigenvalue weighted by atomic mass is 32.2. The van der Waals surface area contributed by atoms with Crippen molar-refractivity contribution in [3.63, 3.8) is 0 Å². The summed E-state index contributed by atoms with van der Waals surface area (Å²) in [5, 5.41) is 9.36. The number of rotatable bonds is 8. The largest absolute Gasteiger partial charge is 0.392 e. The molecule has 28 heavy (non-hydrogen) atoms. The summed E-state index contributed by atoms with van der Waals surface area (Å²) in [6.07, 6.45) is 3.45. The third kappa shape index (κ3) is 3.66. The minimum absolute atomic E-state index is 0.0882. The van der Waals surface area contributed by atoms with Crippen LogP contribution >= 0.6 is 11.8 Å². The zero-order chi connectivity index (χ0) is 19.5. The van der Waals surface area contributed by atoms with Gasteiger partial charge in [-0.1, -0.05) is 62.0 Å². The quantitative estimate of drug-likeness (QED) is 0.715. The lowest BCUT2D eigenvalue weighted by Gasteiger charge is -2.30. The Balaban J connectivity index is 1.59. The smallest absolute Gasteiger partial charge is 0.159 e. The monoisotopic (exact) mass is 395 g/mol. The van der Waals surface area contributed by atoms with Gasteiger partial charge in [0.05, 0.1) is 18.0 Å². The van der Waals surface area contributed by atoms with E-state index in [1.54, 1.807) is 0 Å². The third-order valence-corrected chi connectivity index (χ3v) is 6.94. The van der Waals surface area contributed by atoms with E-state index < -0.39 is 0 Å². The summed E-state index contributed by atoms with van der Waals surface area (Å²) in [4.78, 5) is 8.80. The Morgan fingerprint density at radius 3 is 2.50 bits per heavy atom. The summed E-state index contributed by atoms with van der Waals surface area (Å²) in [6.45, 7) is 8.94. The second kappa shape index (κ2) is 8.60. The first-order valence-electron chi connectivity index (χ1n) is 10.2. The number of thioether (sulfide) groups is 1. The molecule has 5 heteroatoms. The average Bonchev–Trinajstić information content (AvgIpc) is 3.28. The van der Waals surface area contributed by atoms with Gasteiger partial charge in [0.25, 0.3) is 0 Å². The van der Waals surface area contributed by atoms with E-state index in [9.17, 15) is 5.11 Å². The number of hydrogen-bond donors (Lipinski definition) is 1. The van der Waals surface area contributed by atoms with Crippen molar-refractivity contribution in [2.45, 2.75) is 37.3 Å². The molecule has 1 unspecified atom stereocenters. The third-order valence-electron chi connectivity index (χ3n) is 5.65. The van der Waals surface area contributed by atoms with E-state index in [4.69, 9.17) is 0 Å². The van der Waals surface area contributed by atoms with Gasteiger partial charge in [-0.05, 0) is 49.3 Å². The first-order valence-corrected chi connectivity index (χ1v) is 11.1. The minimum atomic E-state index is 0.0882. The summed E-state index contributed by atoms with van der Waals surface area (Å²) >= 11 is 1.94. The van der Waals surface area contributed by atoms with Crippen LogP contribution in [0.4, 0.5) is 5.69 Å². The molecule has 148 valence electrons. The molecular formula is C23H29N3OS. The highest BCUT2D eigenvalue weighted by molar-refractivity contribution is 8.00. The molecule has 0 radical (unpaired) electrons. The van der Waals surface area contributed by atoms with E-state index in [2.05, 4.69) is 71.1 Å². The van der Waals surface area contributed by atoms with Crippen molar-refractivity contribution in [3.8, 4) is 0 Å². The highest BCUT2D eigenvalue weighted by Crippen LogP contribution is 2.50. The Hall–Kier alpha value is -1.95. The van der Waals surface area contributed by atoms with E-state index in [0.29, 0.717) is 5.50 Å². The van der Waals surface area contributed by atoms with Crippen molar-refractivity contribution in [3.05, 3.63) is 65.9 Å². The topological polar surface area (TPSA) is 30.0 Å². The molecule has 0 aromatic heterocycles. The second-order valence-electron chi connectivity index (χ2n) is 7.26. The van der Waals surface area contributed by atoms with Gasteiger partial charge >= 0.3 is 0 Å². The molecule has 2 heterocycles. The van der Waals surface area contributed by atoms with Crippen LogP contribution in [-0.2, 0) is 6.61 Å². The van der Waals surface area contributed by atoms with E-state index in [1.165, 1.54) is 21.8 Å². The first-order chi connectivity index (χ1) is 13.7. The lowest BCUT2D eigenvalue weighted by molar-refractivity contribution is 0.278. The Morgan fingerprint density at radius 1 is 1.04 bits per heavy atom. The maximum atomic E-state index is 9.36. The van der Waals surface area contributed by atoms with Crippen molar-refractivity contribution in [2.24, 2.45) is 0 Å². The molecular weight excluding hydrogens is 366 g/mol. The Bertz CT molecular complexity index is 832. The minimum Gasteiger partial charge on any atom is -0.392 e. The van der Waals surface area contributed by atoms with Crippen LogP contribution in [0.2, 0.25) is 0 Å². The number of hydrogen-bond acceptors (Lipinski definition) is 5. The predicted molar refractivity (Wildman–Crippen MR) is 118 cm³/mol. The molecule has 2 aromatic rings. The number of nitrogens with zero attached hydrogens (tertiary/aromatic N) is 3. The molecule has 1 N–H and O–H groups in total. The summed E-state index contributed by atoms with van der Waals surface area (Å²) in [5.74, 6) is 0. The molecule has 2 aliphatic rings. The summed E-state index contributed by atoms with van der Waals surface area (Å²) < 4.78 is 0. The fourth-order valence-corrected chi connectivity index (χ4v) is 5.30. The van der Waals surface area contributed by atoms with Crippen molar-refractivity contribution in [1.29, 1.82) is 0 Å². The van der Waals surface area contributed by atoms with Gasteiger partial charge in [0.15, 0.2) is 5.50 Å². The molecule has 0 saturated carbocycles. The van der Waals surface area contributed by atoms with Gasteiger partial charge in [-0.15, -0.1) is 0 Å². The van der Waals surface area contributed by atoms with Gasteiger partial charge in [-0.25, -0.2) is 0 Å². The van der Waals surface area contributed by atoms with E-state index in [0.717, 1.165) is 38.2 Å². The van der Waals surface area contributed by atoms with Crippen molar-refractivity contribution in [1.82, 2.24) is 9.80 Å². The van der Waals surface area contributed by atoms with Crippen LogP contribution in [0.25, 0.3) is 5.70 Å². The molecule has 0 saturated heterocycles. The molecule has 4 nitrogen and oxygen atoms in total. The van der Waals surface area contributed by atoms with Gasteiger partial charge in [0, 0.05) is 17.6 Å². The average molecular weight is 396 g/mol.